The number of rotatable bonds is 5. The van der Waals surface area contributed by atoms with Gasteiger partial charge in [0.15, 0.2) is 0 Å². The normalized spacial score (nSPS) is 17.4. The summed E-state index contributed by atoms with van der Waals surface area (Å²) >= 11 is 0. The first kappa shape index (κ1) is 23.8. The minimum absolute atomic E-state index is 0.0317. The number of carbonyl (C=O) groups excluding carboxylic acids is 2. The van der Waals surface area contributed by atoms with E-state index in [1.165, 1.54) is 12.1 Å². The second kappa shape index (κ2) is 10.3. The van der Waals surface area contributed by atoms with Crippen LogP contribution in [-0.2, 0) is 4.79 Å². The molecule has 1 N–H and O–H groups in total. The fourth-order valence-electron chi connectivity index (χ4n) is 4.36. The van der Waals surface area contributed by atoms with Crippen molar-refractivity contribution < 1.29 is 27.5 Å². The molecule has 0 saturated carbocycles. The SMILES string of the molecule is O=C(Nc1ccc(OC(F)(F)F)cc1)C1CCN(c2cc(C(=O)N3CCCCC3)ccn2)CC1. The Bertz CT molecular complexity index is 999. The summed E-state index contributed by atoms with van der Waals surface area (Å²) in [7, 11) is 0. The zero-order chi connectivity index (χ0) is 24.1. The van der Waals surface area contributed by atoms with Crippen LogP contribution in [0.4, 0.5) is 24.7 Å². The maximum Gasteiger partial charge on any atom is 0.573 e. The van der Waals surface area contributed by atoms with Gasteiger partial charge < -0.3 is 19.9 Å². The van der Waals surface area contributed by atoms with E-state index in [-0.39, 0.29) is 23.5 Å². The van der Waals surface area contributed by atoms with Gasteiger partial charge in [-0.25, -0.2) is 4.98 Å². The lowest BCUT2D eigenvalue weighted by atomic mass is 9.95. The number of halogens is 3. The van der Waals surface area contributed by atoms with Crippen LogP contribution in [0, 0.1) is 5.92 Å². The number of nitrogens with one attached hydrogen (secondary N) is 1. The molecule has 2 amide bonds. The van der Waals surface area contributed by atoms with E-state index in [2.05, 4.69) is 19.9 Å². The molecule has 0 spiro atoms. The molecule has 2 aliphatic heterocycles. The average molecular weight is 476 g/mol. The Morgan fingerprint density at radius 2 is 1.65 bits per heavy atom. The molecule has 0 bridgehead atoms. The van der Waals surface area contributed by atoms with Gasteiger partial charge in [-0.3, -0.25) is 9.59 Å². The van der Waals surface area contributed by atoms with Crippen LogP contribution >= 0.6 is 0 Å². The second-order valence-electron chi connectivity index (χ2n) is 8.58. The first-order valence-corrected chi connectivity index (χ1v) is 11.5. The van der Waals surface area contributed by atoms with Gasteiger partial charge in [-0.2, -0.15) is 0 Å². The Balaban J connectivity index is 1.30. The van der Waals surface area contributed by atoms with Crippen molar-refractivity contribution in [2.45, 2.75) is 38.5 Å². The standard InChI is InChI=1S/C24H27F3N4O3/c25-24(26,27)34-20-6-4-19(5-7-20)29-22(32)17-9-14-30(15-10-17)21-16-18(8-11-28-21)23(33)31-12-2-1-3-13-31/h4-8,11,16-17H,1-3,9-10,12-15H2,(H,29,32). The minimum atomic E-state index is -4.76. The number of hydrogen-bond acceptors (Lipinski definition) is 5. The van der Waals surface area contributed by atoms with Gasteiger partial charge in [0.05, 0.1) is 0 Å². The molecule has 182 valence electrons. The van der Waals surface area contributed by atoms with E-state index in [1.807, 2.05) is 11.0 Å². The van der Waals surface area contributed by atoms with Crippen molar-refractivity contribution in [3.8, 4) is 5.75 Å². The summed E-state index contributed by atoms with van der Waals surface area (Å²) in [6.45, 7) is 2.81. The molecule has 1 aromatic heterocycles. The van der Waals surface area contributed by atoms with Gasteiger partial charge in [0.2, 0.25) is 5.91 Å². The summed E-state index contributed by atoms with van der Waals surface area (Å²) in [5.41, 5.74) is 1.04. The van der Waals surface area contributed by atoms with Crippen LogP contribution in [0.1, 0.15) is 42.5 Å². The van der Waals surface area contributed by atoms with Crippen LogP contribution in [0.15, 0.2) is 42.6 Å². The van der Waals surface area contributed by atoms with Crippen molar-refractivity contribution in [1.29, 1.82) is 0 Å². The van der Waals surface area contributed by atoms with E-state index in [0.717, 1.165) is 50.3 Å². The predicted molar refractivity (Wildman–Crippen MR) is 121 cm³/mol. The lowest BCUT2D eigenvalue weighted by Gasteiger charge is -2.32. The highest BCUT2D eigenvalue weighted by molar-refractivity contribution is 5.95. The number of hydrogen-bond donors (Lipinski definition) is 1. The molecule has 1 aromatic carbocycles. The van der Waals surface area contributed by atoms with Gasteiger partial charge in [-0.1, -0.05) is 0 Å². The van der Waals surface area contributed by atoms with Crippen molar-refractivity contribution in [2.75, 3.05) is 36.4 Å². The van der Waals surface area contributed by atoms with Crippen LogP contribution in [0.3, 0.4) is 0 Å². The molecule has 4 rings (SSSR count). The van der Waals surface area contributed by atoms with Crippen LogP contribution in [-0.4, -0.2) is 54.2 Å². The largest absolute Gasteiger partial charge is 0.573 e. The van der Waals surface area contributed by atoms with Crippen molar-refractivity contribution in [3.05, 3.63) is 48.2 Å². The molecule has 2 aromatic rings. The molecule has 0 unspecified atom stereocenters. The highest BCUT2D eigenvalue weighted by Gasteiger charge is 2.31. The van der Waals surface area contributed by atoms with Gasteiger partial charge in [-0.05, 0) is 68.5 Å². The lowest BCUT2D eigenvalue weighted by Crippen LogP contribution is -2.39. The molecule has 0 aliphatic carbocycles. The summed E-state index contributed by atoms with van der Waals surface area (Å²) in [5.74, 6) is 0.0187. The Hall–Kier alpha value is -3.30. The van der Waals surface area contributed by atoms with Gasteiger partial charge in [0.1, 0.15) is 11.6 Å². The Morgan fingerprint density at radius 3 is 2.29 bits per heavy atom. The third kappa shape index (κ3) is 6.18. The highest BCUT2D eigenvalue weighted by Crippen LogP contribution is 2.26. The monoisotopic (exact) mass is 476 g/mol. The first-order valence-electron chi connectivity index (χ1n) is 11.5. The minimum Gasteiger partial charge on any atom is -0.406 e. The number of piperidine rings is 2. The highest BCUT2D eigenvalue weighted by atomic mass is 19.4. The van der Waals surface area contributed by atoms with Gasteiger partial charge >= 0.3 is 6.36 Å². The molecule has 0 radical (unpaired) electrons. The predicted octanol–water partition coefficient (Wildman–Crippen LogP) is 4.46. The topological polar surface area (TPSA) is 74.8 Å². The number of likely N-dealkylation sites (tertiary alicyclic amines) is 1. The van der Waals surface area contributed by atoms with Crippen molar-refractivity contribution in [1.82, 2.24) is 9.88 Å². The zero-order valence-electron chi connectivity index (χ0n) is 18.7. The number of benzene rings is 1. The molecule has 2 aliphatic rings. The van der Waals surface area contributed by atoms with Crippen molar-refractivity contribution >= 4 is 23.3 Å². The summed E-state index contributed by atoms with van der Waals surface area (Å²) < 4.78 is 40.7. The van der Waals surface area contributed by atoms with Gasteiger partial charge in [0.25, 0.3) is 5.91 Å². The third-order valence-corrected chi connectivity index (χ3v) is 6.18. The van der Waals surface area contributed by atoms with Gasteiger partial charge in [0, 0.05) is 49.5 Å². The van der Waals surface area contributed by atoms with Crippen molar-refractivity contribution in [3.63, 3.8) is 0 Å². The van der Waals surface area contributed by atoms with Crippen LogP contribution in [0.2, 0.25) is 0 Å². The van der Waals surface area contributed by atoms with Crippen LogP contribution < -0.4 is 15.0 Å². The fraction of sp³-hybridized carbons (Fsp3) is 0.458. The summed E-state index contributed by atoms with van der Waals surface area (Å²) in [5, 5.41) is 2.76. The molecule has 10 heteroatoms. The maximum atomic E-state index is 12.8. The summed E-state index contributed by atoms with van der Waals surface area (Å²) in [4.78, 5) is 33.8. The number of ether oxygens (including phenoxy) is 1. The molecule has 34 heavy (non-hydrogen) atoms. The number of alkyl halides is 3. The smallest absolute Gasteiger partial charge is 0.406 e. The molecule has 2 saturated heterocycles. The molecular formula is C24H27F3N4O3. The number of carbonyl (C=O) groups is 2. The quantitative estimate of drug-likeness (QED) is 0.690. The van der Waals surface area contributed by atoms with E-state index in [9.17, 15) is 22.8 Å². The van der Waals surface area contributed by atoms with E-state index in [4.69, 9.17) is 0 Å². The molecule has 2 fully saturated rings. The van der Waals surface area contributed by atoms with E-state index < -0.39 is 6.36 Å². The van der Waals surface area contributed by atoms with E-state index >= 15 is 0 Å². The van der Waals surface area contributed by atoms with E-state index in [1.54, 1.807) is 12.3 Å². The Kier molecular flexibility index (Phi) is 7.23. The first-order chi connectivity index (χ1) is 16.3. The second-order valence-corrected chi connectivity index (χ2v) is 8.58. The molecule has 3 heterocycles. The molecular weight excluding hydrogens is 449 g/mol. The number of nitrogens with zero attached hydrogens (tertiary/aromatic N) is 3. The van der Waals surface area contributed by atoms with Crippen molar-refractivity contribution in [2.24, 2.45) is 5.92 Å². The molecule has 7 nitrogen and oxygen atoms in total. The lowest BCUT2D eigenvalue weighted by molar-refractivity contribution is -0.274. The number of amides is 2. The van der Waals surface area contributed by atoms with Crippen LogP contribution in [0.5, 0.6) is 5.75 Å². The van der Waals surface area contributed by atoms with E-state index in [0.29, 0.717) is 37.2 Å². The van der Waals surface area contributed by atoms with Crippen LogP contribution in [0.25, 0.3) is 0 Å². The number of pyridine rings is 1. The maximum absolute atomic E-state index is 12.8. The third-order valence-electron chi connectivity index (χ3n) is 6.18. The van der Waals surface area contributed by atoms with Gasteiger partial charge in [-0.15, -0.1) is 13.2 Å². The average Bonchev–Trinajstić information content (AvgIpc) is 2.84. The number of anilines is 2. The Labute approximate surface area is 195 Å². The fourth-order valence-corrected chi connectivity index (χ4v) is 4.36. The Morgan fingerprint density at radius 1 is 0.971 bits per heavy atom. The zero-order valence-corrected chi connectivity index (χ0v) is 18.7. The summed E-state index contributed by atoms with van der Waals surface area (Å²) in [6.07, 6.45) is 1.33. The number of aromatic nitrogens is 1. The molecule has 0 atom stereocenters. The summed E-state index contributed by atoms with van der Waals surface area (Å²) in [6, 6.07) is 8.64.